The van der Waals surface area contributed by atoms with Crippen LogP contribution < -0.4 is 16.0 Å². The van der Waals surface area contributed by atoms with Crippen LogP contribution in [-0.4, -0.2) is 103 Å². The number of aromatic nitrogens is 13. The van der Waals surface area contributed by atoms with Gasteiger partial charge in [-0.05, 0) is 128 Å². The van der Waals surface area contributed by atoms with Gasteiger partial charge in [0.2, 0.25) is 0 Å². The molecule has 3 aliphatic heterocycles. The van der Waals surface area contributed by atoms with Crippen LogP contribution in [-0.2, 0) is 7.05 Å². The Morgan fingerprint density at radius 1 is 0.539 bits per heavy atom. The highest BCUT2D eigenvalue weighted by Crippen LogP contribution is 2.41. The lowest BCUT2D eigenvalue weighted by atomic mass is 9.99. The Labute approximate surface area is 459 Å². The monoisotopic (exact) mass is 1120 g/mol. The summed E-state index contributed by atoms with van der Waals surface area (Å²) in [6, 6.07) is 9.65. The summed E-state index contributed by atoms with van der Waals surface area (Å²) in [5.41, 5.74) is 8.16. The van der Waals surface area contributed by atoms with Crippen LogP contribution in [0.3, 0.4) is 0 Å². The molecule has 11 aromatic heterocycles. The van der Waals surface area contributed by atoms with Crippen molar-refractivity contribution in [3.8, 4) is 37.9 Å². The standard InChI is InChI=1S/C18H16N6S2.C17H16FN5S2.C17H18N6S2/c1-10-8-24-9-13(6-12(7-19)14(24)21-10)16-23-18-17(26-16)22-15(25-18)11-2-4-20-5-3-11;1-23-8-11-6-10(7-12(18)13(11)22-23)15-21-17-16(25-15)20-14(24-17)9-2-4-19-5-3-9;1-9-7-12(22-23-8-10(2)19-13(9)23)15-21-17-16(25-15)20-14(24-17)11-3-5-18-6-4-11/h6,8-9,11,20H,2-5H2,1H3;6-9,19H,2-5H2,1H3;7-8,11,18H,3-6H2,1-2H3. The van der Waals surface area contributed by atoms with Gasteiger partial charge in [-0.25, -0.2) is 48.8 Å². The molecule has 15 rings (SSSR count). The Morgan fingerprint density at radius 2 is 1.04 bits per heavy atom. The van der Waals surface area contributed by atoms with Crippen LogP contribution >= 0.6 is 68.0 Å². The van der Waals surface area contributed by atoms with E-state index < -0.39 is 0 Å². The molecule has 0 saturated carbocycles. The largest absolute Gasteiger partial charge is 0.317 e. The van der Waals surface area contributed by atoms with E-state index in [2.05, 4.69) is 55.2 Å². The summed E-state index contributed by atoms with van der Waals surface area (Å²) in [6.07, 6.45) is 14.6. The number of hydrogen-bond acceptors (Lipinski definition) is 20. The summed E-state index contributed by atoms with van der Waals surface area (Å²) in [5, 5.41) is 35.6. The van der Waals surface area contributed by atoms with Gasteiger partial charge in [-0.3, -0.25) is 4.68 Å². The third kappa shape index (κ3) is 9.81. The minimum Gasteiger partial charge on any atom is -0.317 e. The Kier molecular flexibility index (Phi) is 13.4. The topological polar surface area (TPSA) is 203 Å². The van der Waals surface area contributed by atoms with Crippen LogP contribution in [0.1, 0.15) is 93.8 Å². The van der Waals surface area contributed by atoms with Crippen LogP contribution in [0.5, 0.6) is 0 Å². The molecule has 1 aromatic carbocycles. The first kappa shape index (κ1) is 49.4. The number of pyridine rings is 1. The highest BCUT2D eigenvalue weighted by molar-refractivity contribution is 7.29. The second kappa shape index (κ2) is 20.7. The highest BCUT2D eigenvalue weighted by Gasteiger charge is 2.25. The molecule has 3 N–H and O–H groups in total. The van der Waals surface area contributed by atoms with E-state index >= 15 is 0 Å². The predicted octanol–water partition coefficient (Wildman–Crippen LogP) is 11.2. The maximum absolute atomic E-state index is 14.3. The number of imidazole rings is 2. The minimum absolute atomic E-state index is 0.310. The van der Waals surface area contributed by atoms with Crippen molar-refractivity contribution in [3.05, 3.63) is 92.4 Å². The van der Waals surface area contributed by atoms with Gasteiger partial charge >= 0.3 is 0 Å². The molecule has 0 unspecified atom stereocenters. The number of nitrogens with one attached hydrogen (secondary N) is 3. The van der Waals surface area contributed by atoms with Crippen molar-refractivity contribution in [3.63, 3.8) is 0 Å². The molecule has 14 heterocycles. The normalized spacial score (nSPS) is 16.1. The predicted molar refractivity (Wildman–Crippen MR) is 305 cm³/mol. The second-order valence-electron chi connectivity index (χ2n) is 19.5. The van der Waals surface area contributed by atoms with Gasteiger partial charge in [0, 0.05) is 59.9 Å². The van der Waals surface area contributed by atoms with E-state index in [0.29, 0.717) is 34.5 Å². The summed E-state index contributed by atoms with van der Waals surface area (Å²) < 4.78 is 19.7. The van der Waals surface area contributed by atoms with Crippen LogP contribution in [0.15, 0.2) is 49.1 Å². The molecule has 17 nitrogen and oxygen atoms in total. The fraction of sp³-hybridized carbons (Fsp3) is 0.365. The number of hydrogen-bond donors (Lipinski definition) is 3. The summed E-state index contributed by atoms with van der Waals surface area (Å²) in [7, 11) is 1.80. The molecular weight excluding hydrogens is 1070 g/mol. The van der Waals surface area contributed by atoms with Crippen molar-refractivity contribution < 1.29 is 4.39 Å². The van der Waals surface area contributed by atoms with Crippen molar-refractivity contribution in [1.29, 1.82) is 5.26 Å². The van der Waals surface area contributed by atoms with E-state index in [1.165, 1.54) is 45.3 Å². The first-order valence-corrected chi connectivity index (χ1v) is 30.3. The molecule has 386 valence electrons. The maximum Gasteiger partial charge on any atom is 0.156 e. The smallest absolute Gasteiger partial charge is 0.156 e. The van der Waals surface area contributed by atoms with Crippen molar-refractivity contribution in [2.75, 3.05) is 39.3 Å². The van der Waals surface area contributed by atoms with Crippen LogP contribution in [0.25, 0.3) is 83.0 Å². The van der Waals surface area contributed by atoms with E-state index in [9.17, 15) is 9.65 Å². The Hall–Kier alpha value is -6.14. The SMILES string of the molecule is Cc1cn2cc(-c3nc4sc(C5CCNCC5)nc4s3)cc(C#N)c2n1.Cc1cn2nc(-c3nc4sc(C5CCNCC5)nc4s3)cc(C)c2n1.Cn1cc2cc(-c3nc4sc(C5CCNCC5)nc4s3)cc(F)c2n1. The Morgan fingerprint density at radius 3 is 1.59 bits per heavy atom. The molecule has 0 radical (unpaired) electrons. The molecule has 12 aromatic rings. The van der Waals surface area contributed by atoms with Gasteiger partial charge in [0.25, 0.3) is 0 Å². The number of piperidine rings is 3. The number of benzene rings is 1. The fourth-order valence-electron chi connectivity index (χ4n) is 10.2. The molecule has 0 amide bonds. The Bertz CT molecular complexity index is 3870. The molecule has 3 fully saturated rings. The number of rotatable bonds is 6. The second-order valence-corrected chi connectivity index (χ2v) is 25.5. The van der Waals surface area contributed by atoms with Gasteiger partial charge in [-0.1, -0.05) is 68.0 Å². The molecule has 76 heavy (non-hydrogen) atoms. The molecule has 3 saturated heterocycles. The van der Waals surface area contributed by atoms with Crippen LogP contribution in [0, 0.1) is 37.9 Å². The third-order valence-corrected chi connectivity index (χ3v) is 20.6. The summed E-state index contributed by atoms with van der Waals surface area (Å²) in [5.74, 6) is 1.37. The van der Waals surface area contributed by atoms with Crippen molar-refractivity contribution in [1.82, 2.24) is 79.6 Å². The van der Waals surface area contributed by atoms with Gasteiger partial charge in [0.05, 0.1) is 38.2 Å². The lowest BCUT2D eigenvalue weighted by Gasteiger charge is -2.20. The lowest BCUT2D eigenvalue weighted by Crippen LogP contribution is -2.26. The summed E-state index contributed by atoms with van der Waals surface area (Å²) >= 11 is 9.91. The third-order valence-electron chi connectivity index (χ3n) is 14.0. The van der Waals surface area contributed by atoms with Crippen molar-refractivity contribution in [2.24, 2.45) is 7.05 Å². The van der Waals surface area contributed by atoms with E-state index in [0.717, 1.165) is 154 Å². The molecular formula is C52H50FN17S6. The summed E-state index contributed by atoms with van der Waals surface area (Å²) in [6.45, 7) is 12.4. The van der Waals surface area contributed by atoms with E-state index in [1.807, 2.05) is 59.7 Å². The van der Waals surface area contributed by atoms with E-state index in [4.69, 9.17) is 29.9 Å². The average Bonchev–Trinajstić information content (AvgIpc) is 4.32. The highest BCUT2D eigenvalue weighted by atomic mass is 32.1. The zero-order valence-corrected chi connectivity index (χ0v) is 46.8. The molecule has 24 heteroatoms. The number of thiazole rings is 6. The molecule has 3 aliphatic rings. The van der Waals surface area contributed by atoms with Gasteiger partial charge in [0.1, 0.15) is 32.3 Å². The van der Waals surface area contributed by atoms with Gasteiger partial charge in [-0.15, -0.1) is 0 Å². The maximum atomic E-state index is 14.3. The van der Waals surface area contributed by atoms with Crippen molar-refractivity contribution in [2.45, 2.75) is 77.0 Å². The fourth-order valence-corrected chi connectivity index (χ4v) is 16.7. The minimum atomic E-state index is -0.310. The quantitative estimate of drug-likeness (QED) is 0.142. The number of nitrogens with zero attached hydrogens (tertiary/aromatic N) is 14. The van der Waals surface area contributed by atoms with Crippen LogP contribution in [0.4, 0.5) is 4.39 Å². The molecule has 0 spiro atoms. The number of fused-ring (bicyclic) bond motifs is 6. The van der Waals surface area contributed by atoms with Gasteiger partial charge < -0.3 is 20.4 Å². The number of nitriles is 1. The lowest BCUT2D eigenvalue weighted by molar-refractivity contribution is 0.459. The van der Waals surface area contributed by atoms with E-state index in [1.54, 1.807) is 68.4 Å². The molecule has 0 bridgehead atoms. The number of aryl methyl sites for hydroxylation is 4. The zero-order chi connectivity index (χ0) is 51.6. The first-order valence-electron chi connectivity index (χ1n) is 25.4. The van der Waals surface area contributed by atoms with Crippen LogP contribution in [0.2, 0.25) is 0 Å². The Balaban J connectivity index is 0.000000109. The molecule has 0 aliphatic carbocycles. The number of halogens is 1. The first-order chi connectivity index (χ1) is 37.0. The van der Waals surface area contributed by atoms with E-state index in [-0.39, 0.29) is 5.82 Å². The molecule has 0 atom stereocenters. The van der Waals surface area contributed by atoms with Gasteiger partial charge in [-0.2, -0.15) is 15.5 Å². The van der Waals surface area contributed by atoms with Gasteiger partial charge in [0.15, 0.2) is 46.1 Å². The zero-order valence-electron chi connectivity index (χ0n) is 41.9. The average molecular weight is 1120 g/mol. The summed E-state index contributed by atoms with van der Waals surface area (Å²) in [4.78, 5) is 43.8. The van der Waals surface area contributed by atoms with Crippen molar-refractivity contribution >= 4 is 119 Å².